The summed E-state index contributed by atoms with van der Waals surface area (Å²) < 4.78 is 8.25. The highest BCUT2D eigenvalue weighted by Gasteiger charge is 2.22. The lowest BCUT2D eigenvalue weighted by Gasteiger charge is -2.20. The molecule has 0 atom stereocenters. The number of hydrogen-bond acceptors (Lipinski definition) is 6. The van der Waals surface area contributed by atoms with Gasteiger partial charge in [0.1, 0.15) is 17.4 Å². The van der Waals surface area contributed by atoms with Crippen LogP contribution in [0.25, 0.3) is 5.52 Å². The maximum Gasteiger partial charge on any atom is 0.421 e. The van der Waals surface area contributed by atoms with Crippen molar-refractivity contribution in [2.24, 2.45) is 4.99 Å². The fourth-order valence-electron chi connectivity index (χ4n) is 3.26. The molecule has 0 saturated carbocycles. The van der Waals surface area contributed by atoms with E-state index in [1.807, 2.05) is 6.92 Å². The lowest BCUT2D eigenvalue weighted by molar-refractivity contribution is 0.0527. The van der Waals surface area contributed by atoms with Gasteiger partial charge in [-0.1, -0.05) is 6.07 Å². The van der Waals surface area contributed by atoms with E-state index in [1.165, 1.54) is 22.5 Å². The standard InChI is InChI=1S/C23H28N6O4/c1-13-8-9-15(20(30)24-6)10-17(13)27-19-18-14(2)16(21(31)25-7)11-29(18)26-12-28(19)22(32)33-23(3,4)5/h8-12H,1-7H3,(H,24,30)(H,25,31). The number of carbonyl (C=O) groups is 3. The average Bonchev–Trinajstić information content (AvgIpc) is 3.09. The number of aromatic nitrogens is 3. The molecule has 0 aliphatic carbocycles. The number of rotatable bonds is 3. The van der Waals surface area contributed by atoms with E-state index < -0.39 is 11.7 Å². The Balaban J connectivity index is 2.39. The van der Waals surface area contributed by atoms with Gasteiger partial charge in [0, 0.05) is 25.9 Å². The first kappa shape index (κ1) is 23.7. The summed E-state index contributed by atoms with van der Waals surface area (Å²) in [6, 6.07) is 5.12. The van der Waals surface area contributed by atoms with Crippen LogP contribution in [0, 0.1) is 13.8 Å². The summed E-state index contributed by atoms with van der Waals surface area (Å²) in [6.07, 6.45) is 2.21. The molecule has 0 aliphatic heterocycles. The molecule has 2 heterocycles. The zero-order chi connectivity index (χ0) is 24.5. The lowest BCUT2D eigenvalue weighted by Crippen LogP contribution is -2.35. The number of benzene rings is 1. The number of ether oxygens (including phenoxy) is 1. The number of amides is 2. The number of nitrogens with zero attached hydrogens (tertiary/aromatic N) is 4. The minimum absolute atomic E-state index is 0.226. The second-order valence-electron chi connectivity index (χ2n) is 8.54. The molecular formula is C23H28N6O4. The Morgan fingerprint density at radius 1 is 1.06 bits per heavy atom. The predicted octanol–water partition coefficient (Wildman–Crippen LogP) is 2.49. The van der Waals surface area contributed by atoms with Crippen molar-refractivity contribution >= 4 is 29.1 Å². The fourth-order valence-corrected chi connectivity index (χ4v) is 3.26. The van der Waals surface area contributed by atoms with E-state index in [-0.39, 0.29) is 17.3 Å². The van der Waals surface area contributed by atoms with Crippen LogP contribution in [0.3, 0.4) is 0 Å². The molecule has 10 nitrogen and oxygen atoms in total. The van der Waals surface area contributed by atoms with Gasteiger partial charge in [-0.2, -0.15) is 5.10 Å². The molecule has 3 aromatic rings. The number of fused-ring (bicyclic) bond motifs is 1. The molecular weight excluding hydrogens is 424 g/mol. The summed E-state index contributed by atoms with van der Waals surface area (Å²) in [7, 11) is 3.09. The highest BCUT2D eigenvalue weighted by atomic mass is 16.6. The van der Waals surface area contributed by atoms with Gasteiger partial charge in [0.15, 0.2) is 5.49 Å². The molecule has 3 rings (SSSR count). The molecule has 2 N–H and O–H groups in total. The SMILES string of the molecule is CNC(=O)c1ccc(C)c(N=c2c3c(C)c(C(=O)NC)cn3ncn2C(=O)OC(C)(C)C)c1. The molecule has 10 heteroatoms. The normalized spacial score (nSPS) is 12.0. The Labute approximate surface area is 191 Å². The van der Waals surface area contributed by atoms with Gasteiger partial charge in [-0.3, -0.25) is 9.59 Å². The topological polar surface area (TPSA) is 119 Å². The van der Waals surface area contributed by atoms with Crippen LogP contribution in [0.4, 0.5) is 10.5 Å². The molecule has 0 fully saturated rings. The average molecular weight is 453 g/mol. The Morgan fingerprint density at radius 2 is 1.73 bits per heavy atom. The van der Waals surface area contributed by atoms with Crippen molar-refractivity contribution in [3.63, 3.8) is 0 Å². The van der Waals surface area contributed by atoms with Gasteiger partial charge in [0.05, 0.1) is 11.3 Å². The van der Waals surface area contributed by atoms with Crippen LogP contribution in [0.15, 0.2) is 35.7 Å². The van der Waals surface area contributed by atoms with Crippen molar-refractivity contribution in [2.45, 2.75) is 40.2 Å². The van der Waals surface area contributed by atoms with Crippen LogP contribution < -0.4 is 16.1 Å². The summed E-state index contributed by atoms with van der Waals surface area (Å²) in [6.45, 7) is 8.89. The zero-order valence-electron chi connectivity index (χ0n) is 19.8. The molecule has 0 bridgehead atoms. The van der Waals surface area contributed by atoms with Crippen LogP contribution in [0.1, 0.15) is 52.6 Å². The minimum Gasteiger partial charge on any atom is -0.443 e. The zero-order valence-corrected chi connectivity index (χ0v) is 19.8. The molecule has 0 aliphatic rings. The maximum absolute atomic E-state index is 13.0. The van der Waals surface area contributed by atoms with Crippen molar-refractivity contribution in [3.05, 3.63) is 58.5 Å². The van der Waals surface area contributed by atoms with Crippen molar-refractivity contribution in [3.8, 4) is 0 Å². The number of hydrogen-bond donors (Lipinski definition) is 2. The molecule has 0 spiro atoms. The Kier molecular flexibility index (Phi) is 6.39. The third-order valence-electron chi connectivity index (χ3n) is 4.96. The smallest absolute Gasteiger partial charge is 0.421 e. The fraction of sp³-hybridized carbons (Fsp3) is 0.348. The molecule has 174 valence electrons. The highest BCUT2D eigenvalue weighted by Crippen LogP contribution is 2.21. The van der Waals surface area contributed by atoms with E-state index in [1.54, 1.807) is 59.1 Å². The summed E-state index contributed by atoms with van der Waals surface area (Å²) in [4.78, 5) is 42.3. The van der Waals surface area contributed by atoms with Crippen LogP contribution in [-0.2, 0) is 4.74 Å². The maximum atomic E-state index is 13.0. The van der Waals surface area contributed by atoms with Crippen molar-refractivity contribution in [1.82, 2.24) is 24.8 Å². The summed E-state index contributed by atoms with van der Waals surface area (Å²) in [5.74, 6) is -0.544. The van der Waals surface area contributed by atoms with E-state index in [4.69, 9.17) is 9.73 Å². The summed E-state index contributed by atoms with van der Waals surface area (Å²) >= 11 is 0. The first-order valence-corrected chi connectivity index (χ1v) is 10.4. The van der Waals surface area contributed by atoms with E-state index in [2.05, 4.69) is 15.7 Å². The van der Waals surface area contributed by atoms with E-state index in [0.717, 1.165) is 5.56 Å². The first-order valence-electron chi connectivity index (χ1n) is 10.4. The van der Waals surface area contributed by atoms with Gasteiger partial charge in [-0.15, -0.1) is 0 Å². The van der Waals surface area contributed by atoms with E-state index in [9.17, 15) is 14.4 Å². The van der Waals surface area contributed by atoms with Gasteiger partial charge < -0.3 is 15.4 Å². The third-order valence-corrected chi connectivity index (χ3v) is 4.96. The minimum atomic E-state index is -0.743. The Hall–Kier alpha value is -3.95. The van der Waals surface area contributed by atoms with Gasteiger partial charge in [-0.25, -0.2) is 18.9 Å². The van der Waals surface area contributed by atoms with Crippen LogP contribution >= 0.6 is 0 Å². The van der Waals surface area contributed by atoms with Gasteiger partial charge in [-0.05, 0) is 57.9 Å². The number of carbonyl (C=O) groups excluding carboxylic acids is 3. The van der Waals surface area contributed by atoms with E-state index >= 15 is 0 Å². The van der Waals surface area contributed by atoms with Gasteiger partial charge in [0.25, 0.3) is 11.8 Å². The molecule has 0 radical (unpaired) electrons. The molecule has 2 aromatic heterocycles. The Bertz CT molecular complexity index is 1330. The number of nitrogens with one attached hydrogen (secondary N) is 2. The van der Waals surface area contributed by atoms with Crippen LogP contribution in [0.2, 0.25) is 0 Å². The van der Waals surface area contributed by atoms with Gasteiger partial charge >= 0.3 is 6.09 Å². The van der Waals surface area contributed by atoms with E-state index in [0.29, 0.717) is 27.9 Å². The highest BCUT2D eigenvalue weighted by molar-refractivity contribution is 5.97. The van der Waals surface area contributed by atoms with Gasteiger partial charge in [0.2, 0.25) is 0 Å². The van der Waals surface area contributed by atoms with Crippen molar-refractivity contribution < 1.29 is 19.1 Å². The van der Waals surface area contributed by atoms with Crippen molar-refractivity contribution in [1.29, 1.82) is 0 Å². The molecule has 33 heavy (non-hydrogen) atoms. The molecule has 0 unspecified atom stereocenters. The third kappa shape index (κ3) is 4.79. The lowest BCUT2D eigenvalue weighted by atomic mass is 10.1. The second-order valence-corrected chi connectivity index (χ2v) is 8.54. The largest absolute Gasteiger partial charge is 0.443 e. The summed E-state index contributed by atoms with van der Waals surface area (Å²) in [5, 5.41) is 9.48. The molecule has 1 aromatic carbocycles. The first-order chi connectivity index (χ1) is 15.5. The quantitative estimate of drug-likeness (QED) is 0.633. The second kappa shape index (κ2) is 8.89. The monoisotopic (exact) mass is 452 g/mol. The molecule has 2 amide bonds. The molecule has 0 saturated heterocycles. The number of aryl methyl sites for hydroxylation is 2. The summed E-state index contributed by atoms with van der Waals surface area (Å²) in [5.41, 5.74) is 2.66. The van der Waals surface area contributed by atoms with Crippen molar-refractivity contribution in [2.75, 3.05) is 14.1 Å². The van der Waals surface area contributed by atoms with Crippen LogP contribution in [-0.4, -0.2) is 51.8 Å². The predicted molar refractivity (Wildman–Crippen MR) is 123 cm³/mol. The Morgan fingerprint density at radius 3 is 2.33 bits per heavy atom. The van der Waals surface area contributed by atoms with Crippen LogP contribution in [0.5, 0.6) is 0 Å².